The second-order valence-electron chi connectivity index (χ2n) is 5.67. The molecule has 1 aromatic rings. The first-order valence-electron chi connectivity index (χ1n) is 7.55. The number of halogens is 1. The van der Waals surface area contributed by atoms with E-state index in [-0.39, 0.29) is 24.0 Å². The standard InChI is InChI=1S/C14H26N6S.HI/c1-5-15-13(17-10-14(3)7-6-8-21-14)16-9-12-19-18-11(2)20(12)4;/h5-10H2,1-4H3,(H2,15,16,17);1H. The van der Waals surface area contributed by atoms with Crippen molar-refractivity contribution in [1.29, 1.82) is 0 Å². The average Bonchev–Trinajstić information content (AvgIpc) is 3.03. The highest BCUT2D eigenvalue weighted by Crippen LogP contribution is 2.36. The van der Waals surface area contributed by atoms with Gasteiger partial charge < -0.3 is 15.2 Å². The number of hydrogen-bond acceptors (Lipinski definition) is 4. The number of guanidine groups is 1. The van der Waals surface area contributed by atoms with E-state index in [0.717, 1.165) is 30.7 Å². The van der Waals surface area contributed by atoms with Crippen molar-refractivity contribution in [1.82, 2.24) is 25.4 Å². The fourth-order valence-corrected chi connectivity index (χ4v) is 3.57. The van der Waals surface area contributed by atoms with Crippen LogP contribution in [0.2, 0.25) is 0 Å². The van der Waals surface area contributed by atoms with E-state index in [2.05, 4.69) is 51.4 Å². The van der Waals surface area contributed by atoms with E-state index in [0.29, 0.717) is 11.3 Å². The number of thioether (sulfide) groups is 1. The van der Waals surface area contributed by atoms with E-state index in [1.54, 1.807) is 0 Å². The summed E-state index contributed by atoms with van der Waals surface area (Å²) in [6.45, 7) is 8.69. The van der Waals surface area contributed by atoms with Gasteiger partial charge in [0.15, 0.2) is 11.8 Å². The highest BCUT2D eigenvalue weighted by atomic mass is 127. The number of rotatable bonds is 5. The van der Waals surface area contributed by atoms with E-state index in [4.69, 9.17) is 0 Å². The summed E-state index contributed by atoms with van der Waals surface area (Å²) >= 11 is 2.05. The summed E-state index contributed by atoms with van der Waals surface area (Å²) in [6.07, 6.45) is 2.58. The van der Waals surface area contributed by atoms with E-state index in [1.807, 2.05) is 18.5 Å². The van der Waals surface area contributed by atoms with Gasteiger partial charge in [0.1, 0.15) is 12.4 Å². The van der Waals surface area contributed by atoms with Crippen molar-refractivity contribution in [3.05, 3.63) is 11.6 Å². The van der Waals surface area contributed by atoms with Crippen molar-refractivity contribution in [2.75, 3.05) is 18.8 Å². The number of hydrogen-bond donors (Lipinski definition) is 2. The number of aromatic nitrogens is 3. The number of nitrogens with one attached hydrogen (secondary N) is 2. The SMILES string of the molecule is CCNC(=NCc1nnc(C)n1C)NCC1(C)CCCS1.I. The zero-order valence-electron chi connectivity index (χ0n) is 13.8. The quantitative estimate of drug-likeness (QED) is 0.419. The van der Waals surface area contributed by atoms with Crippen molar-refractivity contribution in [3.8, 4) is 0 Å². The Morgan fingerprint density at radius 3 is 2.73 bits per heavy atom. The van der Waals surface area contributed by atoms with Crippen molar-refractivity contribution in [2.24, 2.45) is 12.0 Å². The molecule has 1 unspecified atom stereocenters. The highest BCUT2D eigenvalue weighted by Gasteiger charge is 2.29. The van der Waals surface area contributed by atoms with Crippen molar-refractivity contribution in [3.63, 3.8) is 0 Å². The molecule has 1 fully saturated rings. The lowest BCUT2D eigenvalue weighted by Crippen LogP contribution is -2.43. The summed E-state index contributed by atoms with van der Waals surface area (Å²) in [7, 11) is 1.97. The molecule has 1 aromatic heterocycles. The van der Waals surface area contributed by atoms with Crippen LogP contribution in [-0.2, 0) is 13.6 Å². The molecule has 0 aliphatic carbocycles. The molecule has 22 heavy (non-hydrogen) atoms. The molecular weight excluding hydrogens is 411 g/mol. The third-order valence-corrected chi connectivity index (χ3v) is 5.37. The second-order valence-corrected chi connectivity index (χ2v) is 7.36. The minimum atomic E-state index is 0. The molecule has 1 aliphatic heterocycles. The van der Waals surface area contributed by atoms with Crippen LogP contribution in [0, 0.1) is 6.92 Å². The Morgan fingerprint density at radius 1 is 1.41 bits per heavy atom. The van der Waals surface area contributed by atoms with Crippen LogP contribution >= 0.6 is 35.7 Å². The Morgan fingerprint density at radius 2 is 2.18 bits per heavy atom. The molecule has 0 bridgehead atoms. The van der Waals surface area contributed by atoms with E-state index >= 15 is 0 Å². The van der Waals surface area contributed by atoms with Gasteiger partial charge in [0.2, 0.25) is 0 Å². The Kier molecular flexibility index (Phi) is 7.95. The van der Waals surface area contributed by atoms with Crippen molar-refractivity contribution >= 4 is 41.7 Å². The second kappa shape index (κ2) is 8.95. The van der Waals surface area contributed by atoms with Gasteiger partial charge >= 0.3 is 0 Å². The molecule has 0 spiro atoms. The molecule has 0 saturated carbocycles. The minimum Gasteiger partial charge on any atom is -0.357 e. The molecular formula is C14H27IN6S. The fraction of sp³-hybridized carbons (Fsp3) is 0.786. The third-order valence-electron chi connectivity index (χ3n) is 3.84. The summed E-state index contributed by atoms with van der Waals surface area (Å²) in [6, 6.07) is 0. The predicted molar refractivity (Wildman–Crippen MR) is 104 cm³/mol. The van der Waals surface area contributed by atoms with Crippen LogP contribution in [0.4, 0.5) is 0 Å². The summed E-state index contributed by atoms with van der Waals surface area (Å²) in [4.78, 5) is 4.61. The van der Waals surface area contributed by atoms with E-state index < -0.39 is 0 Å². The predicted octanol–water partition coefficient (Wildman–Crippen LogP) is 2.08. The fourth-order valence-electron chi connectivity index (χ4n) is 2.33. The minimum absolute atomic E-state index is 0. The first-order chi connectivity index (χ1) is 10.0. The van der Waals surface area contributed by atoms with Gasteiger partial charge in [-0.25, -0.2) is 4.99 Å². The lowest BCUT2D eigenvalue weighted by atomic mass is 10.1. The summed E-state index contributed by atoms with van der Waals surface area (Å²) in [5.41, 5.74) is 0. The van der Waals surface area contributed by atoms with Crippen LogP contribution in [0.15, 0.2) is 4.99 Å². The Hall–Kier alpha value is -0.510. The van der Waals surface area contributed by atoms with Gasteiger partial charge in [-0.3, -0.25) is 0 Å². The van der Waals surface area contributed by atoms with Crippen LogP contribution in [0.25, 0.3) is 0 Å². The average molecular weight is 438 g/mol. The Balaban J connectivity index is 0.00000242. The van der Waals surface area contributed by atoms with Crippen molar-refractivity contribution in [2.45, 2.75) is 44.9 Å². The maximum Gasteiger partial charge on any atom is 0.191 e. The zero-order valence-corrected chi connectivity index (χ0v) is 17.0. The molecule has 8 heteroatoms. The molecule has 2 rings (SSSR count). The van der Waals surface area contributed by atoms with E-state index in [9.17, 15) is 0 Å². The van der Waals surface area contributed by atoms with Crippen LogP contribution in [-0.4, -0.2) is 44.3 Å². The Bertz CT molecular complexity index is 496. The molecule has 1 atom stereocenters. The molecule has 2 heterocycles. The van der Waals surface area contributed by atoms with Gasteiger partial charge in [0.05, 0.1) is 0 Å². The monoisotopic (exact) mass is 438 g/mol. The van der Waals surface area contributed by atoms with Gasteiger partial charge in [-0.2, -0.15) is 11.8 Å². The lowest BCUT2D eigenvalue weighted by molar-refractivity contribution is 0.584. The summed E-state index contributed by atoms with van der Waals surface area (Å²) < 4.78 is 2.30. The van der Waals surface area contributed by atoms with Crippen LogP contribution in [0.1, 0.15) is 38.3 Å². The number of nitrogens with zero attached hydrogens (tertiary/aromatic N) is 4. The molecule has 0 amide bonds. The van der Waals surface area contributed by atoms with Gasteiger partial charge in [-0.15, -0.1) is 34.2 Å². The normalized spacial score (nSPS) is 21.5. The summed E-state index contributed by atoms with van der Waals surface area (Å²) in [5, 5.41) is 15.0. The molecule has 6 nitrogen and oxygen atoms in total. The molecule has 1 saturated heterocycles. The first-order valence-corrected chi connectivity index (χ1v) is 8.53. The molecule has 1 aliphatic rings. The number of aryl methyl sites for hydroxylation is 1. The van der Waals surface area contributed by atoms with Crippen molar-refractivity contribution < 1.29 is 0 Å². The lowest BCUT2D eigenvalue weighted by Gasteiger charge is -2.24. The Labute approximate surface area is 154 Å². The molecule has 126 valence electrons. The smallest absolute Gasteiger partial charge is 0.191 e. The maximum atomic E-state index is 4.61. The largest absolute Gasteiger partial charge is 0.357 e. The number of aliphatic imine (C=N–C) groups is 1. The maximum absolute atomic E-state index is 4.61. The van der Waals surface area contributed by atoms with Crippen LogP contribution < -0.4 is 10.6 Å². The highest BCUT2D eigenvalue weighted by molar-refractivity contribution is 14.0. The van der Waals surface area contributed by atoms with Crippen LogP contribution in [0.5, 0.6) is 0 Å². The third kappa shape index (κ3) is 5.29. The van der Waals surface area contributed by atoms with Gasteiger partial charge in [-0.1, -0.05) is 0 Å². The van der Waals surface area contributed by atoms with Gasteiger partial charge in [-0.05, 0) is 39.4 Å². The van der Waals surface area contributed by atoms with Gasteiger partial charge in [0, 0.05) is 24.9 Å². The van der Waals surface area contributed by atoms with E-state index in [1.165, 1.54) is 18.6 Å². The molecule has 2 N–H and O–H groups in total. The molecule has 0 radical (unpaired) electrons. The van der Waals surface area contributed by atoms with Gasteiger partial charge in [0.25, 0.3) is 0 Å². The van der Waals surface area contributed by atoms with Crippen LogP contribution in [0.3, 0.4) is 0 Å². The first kappa shape index (κ1) is 19.5. The zero-order chi connectivity index (χ0) is 15.3. The summed E-state index contributed by atoms with van der Waals surface area (Å²) in [5.74, 6) is 3.91. The molecule has 0 aromatic carbocycles. The topological polar surface area (TPSA) is 67.1 Å².